The average Bonchev–Trinajstić information content (AvgIpc) is 3.36. The monoisotopic (exact) mass is 377 g/mol. The number of hydrogen-bond acceptors (Lipinski definition) is 5. The van der Waals surface area contributed by atoms with Crippen molar-refractivity contribution in [2.24, 2.45) is 0 Å². The highest BCUT2D eigenvalue weighted by atomic mass is 15.3. The first-order valence-corrected chi connectivity index (χ1v) is 10.2. The lowest BCUT2D eigenvalue weighted by atomic mass is 9.95. The molecule has 4 heterocycles. The molecule has 0 unspecified atom stereocenters. The van der Waals surface area contributed by atoms with Crippen LogP contribution in [0.3, 0.4) is 0 Å². The van der Waals surface area contributed by atoms with E-state index in [1.165, 1.54) is 22.5 Å². The number of aromatic nitrogens is 5. The van der Waals surface area contributed by atoms with Gasteiger partial charge in [0.25, 0.3) is 0 Å². The summed E-state index contributed by atoms with van der Waals surface area (Å²) < 4.78 is 2.34. The highest BCUT2D eigenvalue weighted by Crippen LogP contribution is 2.30. The predicted molar refractivity (Wildman–Crippen MR) is 108 cm³/mol. The maximum Gasteiger partial charge on any atom is 0.147 e. The van der Waals surface area contributed by atoms with Crippen LogP contribution in [0.2, 0.25) is 0 Å². The lowest BCUT2D eigenvalue weighted by Crippen LogP contribution is -2.34. The van der Waals surface area contributed by atoms with Crippen LogP contribution in [0.1, 0.15) is 41.5 Å². The van der Waals surface area contributed by atoms with E-state index in [-0.39, 0.29) is 0 Å². The van der Waals surface area contributed by atoms with Crippen molar-refractivity contribution < 1.29 is 0 Å². The van der Waals surface area contributed by atoms with Crippen LogP contribution >= 0.6 is 0 Å². The second-order valence-corrected chi connectivity index (χ2v) is 7.99. The zero-order chi connectivity index (χ0) is 18.9. The van der Waals surface area contributed by atoms with Crippen molar-refractivity contribution in [1.82, 2.24) is 35.2 Å². The van der Waals surface area contributed by atoms with Crippen LogP contribution in [-0.2, 0) is 19.6 Å². The Bertz CT molecular complexity index is 932. The molecule has 7 heteroatoms. The third kappa shape index (κ3) is 3.36. The Morgan fingerprint density at radius 1 is 1.07 bits per heavy atom. The summed E-state index contributed by atoms with van der Waals surface area (Å²) in [6, 6.07) is 8.64. The number of aromatic amines is 1. The molecule has 28 heavy (non-hydrogen) atoms. The SMILES string of the molecule is Cc1ccc(-c2[nH]ncc2CN2CCC(c3nnc4n3CCNC4)CC2)cc1. The number of piperidine rings is 1. The molecule has 0 atom stereocenters. The predicted octanol–water partition coefficient (Wildman–Crippen LogP) is 2.46. The third-order valence-electron chi connectivity index (χ3n) is 6.06. The summed E-state index contributed by atoms with van der Waals surface area (Å²) in [5.41, 5.74) is 4.89. The largest absolute Gasteiger partial charge is 0.312 e. The number of H-pyrrole nitrogens is 1. The van der Waals surface area contributed by atoms with Gasteiger partial charge in [-0.05, 0) is 38.4 Å². The smallest absolute Gasteiger partial charge is 0.147 e. The second-order valence-electron chi connectivity index (χ2n) is 7.99. The Labute approximate surface area is 165 Å². The van der Waals surface area contributed by atoms with Crippen molar-refractivity contribution in [2.75, 3.05) is 19.6 Å². The molecule has 2 N–H and O–H groups in total. The Balaban J connectivity index is 1.24. The Morgan fingerprint density at radius 3 is 2.71 bits per heavy atom. The normalized spacial score (nSPS) is 18.3. The van der Waals surface area contributed by atoms with E-state index < -0.39 is 0 Å². The fourth-order valence-electron chi connectivity index (χ4n) is 4.41. The molecule has 146 valence electrons. The molecule has 0 bridgehead atoms. The van der Waals surface area contributed by atoms with E-state index >= 15 is 0 Å². The molecule has 1 fully saturated rings. The molecule has 2 aliphatic rings. The molecule has 0 aliphatic carbocycles. The number of likely N-dealkylation sites (tertiary alicyclic amines) is 1. The summed E-state index contributed by atoms with van der Waals surface area (Å²) in [6.45, 7) is 8.08. The zero-order valence-electron chi connectivity index (χ0n) is 16.4. The number of aryl methyl sites for hydroxylation is 1. The molecule has 7 nitrogen and oxygen atoms in total. The van der Waals surface area contributed by atoms with E-state index in [1.807, 2.05) is 6.20 Å². The van der Waals surface area contributed by atoms with E-state index in [2.05, 4.69) is 66.4 Å². The average molecular weight is 377 g/mol. The van der Waals surface area contributed by atoms with Gasteiger partial charge in [-0.25, -0.2) is 0 Å². The minimum atomic E-state index is 0.525. The summed E-state index contributed by atoms with van der Waals surface area (Å²) in [4.78, 5) is 2.54. The standard InChI is InChI=1S/C21H27N7/c1-15-2-4-16(5-3-15)20-18(12-23-25-20)14-27-9-6-17(7-10-27)21-26-24-19-13-22-8-11-28(19)21/h2-5,12,17,22H,6-11,13-14H2,1H3,(H,23,25). The fourth-order valence-corrected chi connectivity index (χ4v) is 4.41. The molecule has 0 spiro atoms. The van der Waals surface area contributed by atoms with Gasteiger partial charge in [0, 0.05) is 31.1 Å². The van der Waals surface area contributed by atoms with Crippen molar-refractivity contribution in [3.8, 4) is 11.3 Å². The van der Waals surface area contributed by atoms with Crippen LogP contribution in [0, 0.1) is 6.92 Å². The molecule has 2 aliphatic heterocycles. The van der Waals surface area contributed by atoms with Crippen LogP contribution in [-0.4, -0.2) is 49.5 Å². The highest BCUT2D eigenvalue weighted by Gasteiger charge is 2.27. The van der Waals surface area contributed by atoms with Crippen LogP contribution in [0.25, 0.3) is 11.3 Å². The van der Waals surface area contributed by atoms with Crippen LogP contribution in [0.15, 0.2) is 30.5 Å². The van der Waals surface area contributed by atoms with E-state index in [1.54, 1.807) is 0 Å². The maximum atomic E-state index is 4.52. The zero-order valence-corrected chi connectivity index (χ0v) is 16.4. The highest BCUT2D eigenvalue weighted by molar-refractivity contribution is 5.62. The van der Waals surface area contributed by atoms with Gasteiger partial charge >= 0.3 is 0 Å². The lowest BCUT2D eigenvalue weighted by Gasteiger charge is -2.32. The second kappa shape index (κ2) is 7.48. The van der Waals surface area contributed by atoms with Gasteiger partial charge in [0.15, 0.2) is 0 Å². The van der Waals surface area contributed by atoms with Crippen molar-refractivity contribution in [1.29, 1.82) is 0 Å². The van der Waals surface area contributed by atoms with Gasteiger partial charge in [-0.15, -0.1) is 10.2 Å². The number of rotatable bonds is 4. The molecule has 0 radical (unpaired) electrons. The van der Waals surface area contributed by atoms with Crippen molar-refractivity contribution in [3.05, 3.63) is 53.2 Å². The fraction of sp³-hybridized carbons (Fsp3) is 0.476. The van der Waals surface area contributed by atoms with E-state index in [0.717, 1.165) is 63.6 Å². The maximum absolute atomic E-state index is 4.52. The first-order chi connectivity index (χ1) is 13.8. The summed E-state index contributed by atoms with van der Waals surface area (Å²) >= 11 is 0. The summed E-state index contributed by atoms with van der Waals surface area (Å²) in [5, 5.41) is 19.8. The van der Waals surface area contributed by atoms with Gasteiger partial charge in [-0.3, -0.25) is 10.00 Å². The van der Waals surface area contributed by atoms with Crippen molar-refractivity contribution in [2.45, 2.75) is 45.3 Å². The minimum Gasteiger partial charge on any atom is -0.312 e. The molecular weight excluding hydrogens is 350 g/mol. The van der Waals surface area contributed by atoms with Gasteiger partial charge < -0.3 is 9.88 Å². The van der Waals surface area contributed by atoms with Gasteiger partial charge in [-0.2, -0.15) is 5.10 Å². The quantitative estimate of drug-likeness (QED) is 0.731. The number of hydrogen-bond donors (Lipinski definition) is 2. The number of nitrogens with one attached hydrogen (secondary N) is 2. The van der Waals surface area contributed by atoms with Gasteiger partial charge in [-0.1, -0.05) is 29.8 Å². The molecule has 2 aromatic heterocycles. The molecular formula is C21H27N7. The van der Waals surface area contributed by atoms with Crippen LogP contribution in [0.5, 0.6) is 0 Å². The molecule has 3 aromatic rings. The van der Waals surface area contributed by atoms with Gasteiger partial charge in [0.1, 0.15) is 11.6 Å². The van der Waals surface area contributed by atoms with Crippen LogP contribution in [0.4, 0.5) is 0 Å². The molecule has 0 amide bonds. The van der Waals surface area contributed by atoms with Crippen LogP contribution < -0.4 is 5.32 Å². The Morgan fingerprint density at radius 2 is 1.89 bits per heavy atom. The van der Waals surface area contributed by atoms with E-state index in [0.29, 0.717) is 5.92 Å². The summed E-state index contributed by atoms with van der Waals surface area (Å²) in [6.07, 6.45) is 4.26. The van der Waals surface area contributed by atoms with Crippen molar-refractivity contribution in [3.63, 3.8) is 0 Å². The summed E-state index contributed by atoms with van der Waals surface area (Å²) in [7, 11) is 0. The molecule has 5 rings (SSSR count). The minimum absolute atomic E-state index is 0.525. The number of benzene rings is 1. The Hall–Kier alpha value is -2.51. The van der Waals surface area contributed by atoms with Gasteiger partial charge in [0.05, 0.1) is 18.4 Å². The number of nitrogens with zero attached hydrogens (tertiary/aromatic N) is 5. The topological polar surface area (TPSA) is 74.7 Å². The van der Waals surface area contributed by atoms with E-state index in [9.17, 15) is 0 Å². The first-order valence-electron chi connectivity index (χ1n) is 10.2. The van der Waals surface area contributed by atoms with Gasteiger partial charge in [0.2, 0.25) is 0 Å². The Kier molecular flexibility index (Phi) is 4.70. The van der Waals surface area contributed by atoms with Crippen molar-refractivity contribution >= 4 is 0 Å². The van der Waals surface area contributed by atoms with E-state index in [4.69, 9.17) is 0 Å². The third-order valence-corrected chi connectivity index (χ3v) is 6.06. The number of fused-ring (bicyclic) bond motifs is 1. The first kappa shape index (κ1) is 17.6. The molecule has 1 aromatic carbocycles. The lowest BCUT2D eigenvalue weighted by molar-refractivity contribution is 0.199. The summed E-state index contributed by atoms with van der Waals surface area (Å²) in [5.74, 6) is 2.81. The molecule has 1 saturated heterocycles. The molecule has 0 saturated carbocycles.